The zero-order valence-corrected chi connectivity index (χ0v) is 12.7. The fraction of sp³-hybridized carbons (Fsp3) is 0.667. The lowest BCUT2D eigenvalue weighted by atomic mass is 9.81. The SMILES string of the molecule is Cc1cc(C)n(CCC(=O)NC2(C(=O)O)CCCCC2)n1. The van der Waals surface area contributed by atoms with E-state index in [0.29, 0.717) is 19.4 Å². The zero-order chi connectivity index (χ0) is 15.5. The lowest BCUT2D eigenvalue weighted by Gasteiger charge is -2.34. The van der Waals surface area contributed by atoms with E-state index in [9.17, 15) is 14.7 Å². The van der Waals surface area contributed by atoms with Crippen molar-refractivity contribution in [3.63, 3.8) is 0 Å². The molecular formula is C15H23N3O3. The van der Waals surface area contributed by atoms with Crippen molar-refractivity contribution in [2.45, 2.75) is 64.5 Å². The summed E-state index contributed by atoms with van der Waals surface area (Å²) in [4.78, 5) is 23.6. The summed E-state index contributed by atoms with van der Waals surface area (Å²) in [5.41, 5.74) is 0.859. The fourth-order valence-corrected chi connectivity index (χ4v) is 2.99. The molecule has 0 atom stereocenters. The Hall–Kier alpha value is -1.85. The molecule has 1 aliphatic rings. The number of carbonyl (C=O) groups excluding carboxylic acids is 1. The molecule has 0 spiro atoms. The summed E-state index contributed by atoms with van der Waals surface area (Å²) in [6.45, 7) is 4.32. The number of rotatable bonds is 5. The van der Waals surface area contributed by atoms with E-state index >= 15 is 0 Å². The molecule has 21 heavy (non-hydrogen) atoms. The van der Waals surface area contributed by atoms with Crippen LogP contribution in [-0.4, -0.2) is 32.3 Å². The second-order valence-corrected chi connectivity index (χ2v) is 5.90. The Labute approximate surface area is 124 Å². The molecule has 0 radical (unpaired) electrons. The summed E-state index contributed by atoms with van der Waals surface area (Å²) < 4.78 is 1.78. The normalized spacial score (nSPS) is 17.4. The molecule has 1 fully saturated rings. The van der Waals surface area contributed by atoms with E-state index in [1.165, 1.54) is 0 Å². The summed E-state index contributed by atoms with van der Waals surface area (Å²) >= 11 is 0. The third kappa shape index (κ3) is 3.62. The Morgan fingerprint density at radius 1 is 1.33 bits per heavy atom. The Balaban J connectivity index is 1.94. The number of nitrogens with zero attached hydrogens (tertiary/aromatic N) is 2. The molecular weight excluding hydrogens is 270 g/mol. The Kier molecular flexibility index (Phi) is 4.65. The first-order valence-corrected chi connectivity index (χ1v) is 7.48. The first-order chi connectivity index (χ1) is 9.93. The van der Waals surface area contributed by atoms with Crippen LogP contribution in [-0.2, 0) is 16.1 Å². The van der Waals surface area contributed by atoms with Gasteiger partial charge in [-0.15, -0.1) is 0 Å². The minimum Gasteiger partial charge on any atom is -0.480 e. The van der Waals surface area contributed by atoms with Crippen LogP contribution in [0.15, 0.2) is 6.07 Å². The molecule has 2 rings (SSSR count). The van der Waals surface area contributed by atoms with Gasteiger partial charge in [0.25, 0.3) is 0 Å². The predicted molar refractivity (Wildman–Crippen MR) is 77.9 cm³/mol. The van der Waals surface area contributed by atoms with Crippen molar-refractivity contribution < 1.29 is 14.7 Å². The molecule has 0 saturated heterocycles. The van der Waals surface area contributed by atoms with Crippen molar-refractivity contribution >= 4 is 11.9 Å². The number of aliphatic carboxylic acids is 1. The van der Waals surface area contributed by atoms with E-state index in [1.807, 2.05) is 19.9 Å². The van der Waals surface area contributed by atoms with Crippen LogP contribution in [0.25, 0.3) is 0 Å². The van der Waals surface area contributed by atoms with Crippen molar-refractivity contribution in [3.05, 3.63) is 17.5 Å². The second-order valence-electron chi connectivity index (χ2n) is 5.90. The van der Waals surface area contributed by atoms with Gasteiger partial charge < -0.3 is 10.4 Å². The maximum Gasteiger partial charge on any atom is 0.329 e. The van der Waals surface area contributed by atoms with E-state index in [1.54, 1.807) is 4.68 Å². The minimum absolute atomic E-state index is 0.216. The Bertz CT molecular complexity index is 530. The molecule has 6 nitrogen and oxygen atoms in total. The number of aromatic nitrogens is 2. The van der Waals surface area contributed by atoms with Gasteiger partial charge in [0, 0.05) is 18.7 Å². The largest absolute Gasteiger partial charge is 0.480 e. The van der Waals surface area contributed by atoms with Crippen LogP contribution in [0.3, 0.4) is 0 Å². The van der Waals surface area contributed by atoms with Crippen molar-refractivity contribution in [3.8, 4) is 0 Å². The van der Waals surface area contributed by atoms with Crippen molar-refractivity contribution in [2.75, 3.05) is 0 Å². The van der Waals surface area contributed by atoms with Gasteiger partial charge in [0.05, 0.1) is 5.69 Å². The first-order valence-electron chi connectivity index (χ1n) is 7.48. The van der Waals surface area contributed by atoms with Crippen LogP contribution < -0.4 is 5.32 Å². The number of carboxylic acids is 1. The molecule has 1 aromatic rings. The minimum atomic E-state index is -1.07. The molecule has 1 saturated carbocycles. The highest BCUT2D eigenvalue weighted by atomic mass is 16.4. The molecule has 1 amide bonds. The number of hydrogen-bond acceptors (Lipinski definition) is 3. The lowest BCUT2D eigenvalue weighted by molar-refractivity contribution is -0.149. The summed E-state index contributed by atoms with van der Waals surface area (Å²) in [6, 6.07) is 1.96. The third-order valence-electron chi connectivity index (χ3n) is 4.15. The number of nitrogens with one attached hydrogen (secondary N) is 1. The Morgan fingerprint density at radius 3 is 2.52 bits per heavy atom. The monoisotopic (exact) mass is 293 g/mol. The molecule has 116 valence electrons. The highest BCUT2D eigenvalue weighted by Gasteiger charge is 2.40. The van der Waals surface area contributed by atoms with Gasteiger partial charge in [0.15, 0.2) is 0 Å². The predicted octanol–water partition coefficient (Wildman–Crippen LogP) is 1.79. The highest BCUT2D eigenvalue weighted by molar-refractivity contribution is 5.87. The number of amides is 1. The van der Waals surface area contributed by atoms with Crippen molar-refractivity contribution in [2.24, 2.45) is 0 Å². The standard InChI is InChI=1S/C15H23N3O3/c1-11-10-12(2)18(17-11)9-6-13(19)16-15(14(20)21)7-4-3-5-8-15/h10H,3-9H2,1-2H3,(H,16,19)(H,20,21). The highest BCUT2D eigenvalue weighted by Crippen LogP contribution is 2.28. The van der Waals surface area contributed by atoms with Crippen LogP contribution in [0.5, 0.6) is 0 Å². The van der Waals surface area contributed by atoms with Crippen molar-refractivity contribution in [1.29, 1.82) is 0 Å². The van der Waals surface area contributed by atoms with Crippen molar-refractivity contribution in [1.82, 2.24) is 15.1 Å². The fourth-order valence-electron chi connectivity index (χ4n) is 2.99. The van der Waals surface area contributed by atoms with Crippen LogP contribution >= 0.6 is 0 Å². The maximum absolute atomic E-state index is 12.1. The topological polar surface area (TPSA) is 84.2 Å². The quantitative estimate of drug-likeness (QED) is 0.867. The lowest BCUT2D eigenvalue weighted by Crippen LogP contribution is -2.55. The third-order valence-corrected chi connectivity index (χ3v) is 4.15. The smallest absolute Gasteiger partial charge is 0.329 e. The van der Waals surface area contributed by atoms with Gasteiger partial charge in [-0.05, 0) is 32.8 Å². The number of hydrogen-bond donors (Lipinski definition) is 2. The summed E-state index contributed by atoms with van der Waals surface area (Å²) in [7, 11) is 0. The van der Waals surface area contributed by atoms with Gasteiger partial charge in [-0.1, -0.05) is 19.3 Å². The van der Waals surface area contributed by atoms with Gasteiger partial charge in [-0.25, -0.2) is 4.79 Å². The van der Waals surface area contributed by atoms with E-state index in [-0.39, 0.29) is 12.3 Å². The molecule has 0 bridgehead atoms. The van der Waals surface area contributed by atoms with E-state index < -0.39 is 11.5 Å². The molecule has 0 aliphatic heterocycles. The number of aryl methyl sites for hydroxylation is 3. The zero-order valence-electron chi connectivity index (χ0n) is 12.7. The molecule has 0 unspecified atom stereocenters. The van der Waals surface area contributed by atoms with Crippen LogP contribution in [0.4, 0.5) is 0 Å². The molecule has 2 N–H and O–H groups in total. The van der Waals surface area contributed by atoms with Gasteiger partial charge >= 0.3 is 5.97 Å². The molecule has 1 aliphatic carbocycles. The van der Waals surface area contributed by atoms with E-state index in [4.69, 9.17) is 0 Å². The summed E-state index contributed by atoms with van der Waals surface area (Å²) in [5.74, 6) is -1.13. The van der Waals surface area contributed by atoms with E-state index in [0.717, 1.165) is 30.7 Å². The van der Waals surface area contributed by atoms with Gasteiger partial charge in [0.1, 0.15) is 5.54 Å². The van der Waals surface area contributed by atoms with Crippen LogP contribution in [0.1, 0.15) is 49.9 Å². The molecule has 0 aromatic carbocycles. The average molecular weight is 293 g/mol. The van der Waals surface area contributed by atoms with Crippen LogP contribution in [0.2, 0.25) is 0 Å². The average Bonchev–Trinajstić information content (AvgIpc) is 2.75. The summed E-state index contributed by atoms with van der Waals surface area (Å²) in [6.07, 6.45) is 4.03. The first kappa shape index (κ1) is 15.5. The van der Waals surface area contributed by atoms with Gasteiger partial charge in [-0.2, -0.15) is 5.10 Å². The number of carbonyl (C=O) groups is 2. The maximum atomic E-state index is 12.1. The van der Waals surface area contributed by atoms with Gasteiger partial charge in [-0.3, -0.25) is 9.48 Å². The second kappa shape index (κ2) is 6.28. The van der Waals surface area contributed by atoms with E-state index in [2.05, 4.69) is 10.4 Å². The van der Waals surface area contributed by atoms with Crippen LogP contribution in [0, 0.1) is 13.8 Å². The molecule has 1 heterocycles. The number of carboxylic acid groups (broad SMARTS) is 1. The summed E-state index contributed by atoms with van der Waals surface area (Å²) in [5, 5.41) is 16.5. The molecule has 6 heteroatoms. The molecule has 1 aromatic heterocycles. The Morgan fingerprint density at radius 2 is 2.00 bits per heavy atom. The van der Waals surface area contributed by atoms with Gasteiger partial charge in [0.2, 0.25) is 5.91 Å².